The van der Waals surface area contributed by atoms with Gasteiger partial charge in [-0.25, -0.2) is 10.4 Å². The van der Waals surface area contributed by atoms with E-state index >= 15 is 0 Å². The predicted octanol–water partition coefficient (Wildman–Crippen LogP) is 4.09. The highest BCUT2D eigenvalue weighted by atomic mass is 16.5. The van der Waals surface area contributed by atoms with Crippen molar-refractivity contribution in [3.8, 4) is 5.75 Å². The average molecular weight is 466 g/mol. The van der Waals surface area contributed by atoms with E-state index in [1.165, 1.54) is 0 Å². The number of nitrogens with zero attached hydrogens (tertiary/aromatic N) is 1. The highest BCUT2D eigenvalue weighted by Crippen LogP contribution is 2.42. The van der Waals surface area contributed by atoms with Gasteiger partial charge in [0.05, 0.1) is 6.61 Å². The van der Waals surface area contributed by atoms with Crippen LogP contribution in [0.1, 0.15) is 56.3 Å². The van der Waals surface area contributed by atoms with Crippen molar-refractivity contribution >= 4 is 11.8 Å². The summed E-state index contributed by atoms with van der Waals surface area (Å²) in [5.41, 5.74) is 6.34. The van der Waals surface area contributed by atoms with Crippen LogP contribution in [0.2, 0.25) is 0 Å². The van der Waals surface area contributed by atoms with Crippen LogP contribution in [-0.2, 0) is 9.53 Å². The summed E-state index contributed by atoms with van der Waals surface area (Å²) in [7, 11) is 0. The Balaban J connectivity index is 1.87. The number of rotatable bonds is 14. The Labute approximate surface area is 201 Å². The number of hydrazine groups is 1. The van der Waals surface area contributed by atoms with Gasteiger partial charge in [-0.1, -0.05) is 56.2 Å². The molecule has 1 heterocycles. The largest absolute Gasteiger partial charge is 0.494 e. The third kappa shape index (κ3) is 6.24. The molecule has 7 nitrogen and oxygen atoms in total. The lowest BCUT2D eigenvalue weighted by Crippen LogP contribution is -2.52. The van der Waals surface area contributed by atoms with Crippen LogP contribution in [0.25, 0.3) is 0 Å². The molecule has 0 aliphatic carbocycles. The van der Waals surface area contributed by atoms with E-state index in [1.807, 2.05) is 54.6 Å². The number of benzene rings is 2. The summed E-state index contributed by atoms with van der Waals surface area (Å²) in [4.78, 5) is 18.4. The van der Waals surface area contributed by atoms with Crippen molar-refractivity contribution < 1.29 is 19.4 Å². The number of unbranched alkanes of at least 4 members (excludes halogenated alkanes) is 2. The zero-order valence-electron chi connectivity index (χ0n) is 19.8. The number of carbonyl (C=O) groups excluding carboxylic acids is 1. The molecule has 0 saturated heterocycles. The fourth-order valence-electron chi connectivity index (χ4n) is 3.88. The molecule has 3 rings (SSSR count). The Bertz CT molecular complexity index is 946. The van der Waals surface area contributed by atoms with Crippen LogP contribution in [0.4, 0.5) is 0 Å². The maximum Gasteiger partial charge on any atom is 0.266 e. The molecule has 0 fully saturated rings. The average Bonchev–Trinajstić information content (AvgIpc) is 3.26. The number of carbonyl (C=O) groups is 1. The molecule has 182 valence electrons. The third-order valence-electron chi connectivity index (χ3n) is 5.70. The van der Waals surface area contributed by atoms with Crippen molar-refractivity contribution in [1.29, 1.82) is 0 Å². The van der Waals surface area contributed by atoms with Crippen molar-refractivity contribution in [2.24, 2.45) is 4.99 Å². The molecule has 3 N–H and O–H groups in total. The minimum absolute atomic E-state index is 0.0878. The molecule has 7 heteroatoms. The Kier molecular flexibility index (Phi) is 9.67. The lowest BCUT2D eigenvalue weighted by molar-refractivity contribution is -0.129. The Hall–Kier alpha value is -3.16. The number of aliphatic hydroxyl groups excluding tert-OH is 1. The van der Waals surface area contributed by atoms with Crippen molar-refractivity contribution in [2.75, 3.05) is 19.8 Å². The van der Waals surface area contributed by atoms with Crippen LogP contribution in [0, 0.1) is 0 Å². The summed E-state index contributed by atoms with van der Waals surface area (Å²) in [6.45, 7) is 7.25. The molecule has 34 heavy (non-hydrogen) atoms. The van der Waals surface area contributed by atoms with Gasteiger partial charge in [0.15, 0.2) is 11.6 Å². The summed E-state index contributed by atoms with van der Waals surface area (Å²) in [5, 5.41) is 8.92. The van der Waals surface area contributed by atoms with E-state index < -0.39 is 11.6 Å². The predicted molar refractivity (Wildman–Crippen MR) is 134 cm³/mol. The first-order valence-electron chi connectivity index (χ1n) is 11.9. The third-order valence-corrected chi connectivity index (χ3v) is 5.70. The van der Waals surface area contributed by atoms with E-state index in [0.717, 1.165) is 30.4 Å². The molecule has 0 spiro atoms. The van der Waals surface area contributed by atoms with Gasteiger partial charge in [0.2, 0.25) is 5.90 Å². The van der Waals surface area contributed by atoms with Crippen molar-refractivity contribution in [2.45, 2.75) is 50.7 Å². The molecule has 1 amide bonds. The maximum absolute atomic E-state index is 13.5. The highest BCUT2D eigenvalue weighted by Gasteiger charge is 2.52. The van der Waals surface area contributed by atoms with Crippen LogP contribution < -0.4 is 15.6 Å². The number of hydrogen-bond acceptors (Lipinski definition) is 6. The first kappa shape index (κ1) is 25.5. The van der Waals surface area contributed by atoms with Crippen molar-refractivity contribution in [3.05, 3.63) is 78.4 Å². The number of aliphatic imine (C=N–C) groups is 1. The SMILES string of the molecule is C=CC[C@]1(C(=O)NNCCCCC)N=C(c2ccc(OCCCO)cc2)O[C@H]1c1ccccc1. The molecule has 0 radical (unpaired) electrons. The fraction of sp³-hybridized carbons (Fsp3) is 0.407. The van der Waals surface area contributed by atoms with Crippen molar-refractivity contribution in [1.82, 2.24) is 10.9 Å². The van der Waals surface area contributed by atoms with Gasteiger partial charge in [0.25, 0.3) is 5.91 Å². The van der Waals surface area contributed by atoms with Gasteiger partial charge in [-0.2, -0.15) is 0 Å². The molecule has 2 aromatic carbocycles. The Morgan fingerprint density at radius 2 is 1.94 bits per heavy atom. The molecule has 2 atom stereocenters. The summed E-state index contributed by atoms with van der Waals surface area (Å²) >= 11 is 0. The van der Waals surface area contributed by atoms with Gasteiger partial charge in [-0.05, 0) is 36.2 Å². The Morgan fingerprint density at radius 1 is 1.18 bits per heavy atom. The molecular formula is C27H35N3O4. The number of hydrogen-bond donors (Lipinski definition) is 3. The Morgan fingerprint density at radius 3 is 2.62 bits per heavy atom. The second kappa shape index (κ2) is 12.9. The molecule has 1 aliphatic heterocycles. The van der Waals surface area contributed by atoms with Gasteiger partial charge in [0.1, 0.15) is 5.75 Å². The van der Waals surface area contributed by atoms with Crippen LogP contribution in [0.15, 0.2) is 72.2 Å². The quantitative estimate of drug-likeness (QED) is 0.222. The van der Waals surface area contributed by atoms with Crippen molar-refractivity contribution in [3.63, 3.8) is 0 Å². The molecule has 2 aromatic rings. The van der Waals surface area contributed by atoms with E-state index in [2.05, 4.69) is 24.4 Å². The molecule has 0 bridgehead atoms. The molecule has 0 saturated carbocycles. The van der Waals surface area contributed by atoms with E-state index in [4.69, 9.17) is 19.6 Å². The van der Waals surface area contributed by atoms with Gasteiger partial charge in [0, 0.05) is 31.6 Å². The second-order valence-corrected chi connectivity index (χ2v) is 8.28. The topological polar surface area (TPSA) is 92.2 Å². The lowest BCUT2D eigenvalue weighted by atomic mass is 9.84. The van der Waals surface area contributed by atoms with E-state index in [1.54, 1.807) is 6.08 Å². The van der Waals surface area contributed by atoms with Gasteiger partial charge >= 0.3 is 0 Å². The first-order valence-corrected chi connectivity index (χ1v) is 11.9. The maximum atomic E-state index is 13.5. The summed E-state index contributed by atoms with van der Waals surface area (Å²) < 4.78 is 12.0. The minimum Gasteiger partial charge on any atom is -0.494 e. The van der Waals surface area contributed by atoms with Crippen LogP contribution in [0.5, 0.6) is 5.75 Å². The number of aliphatic hydroxyl groups is 1. The van der Waals surface area contributed by atoms with E-state index in [9.17, 15) is 4.79 Å². The number of nitrogens with one attached hydrogen (secondary N) is 2. The van der Waals surface area contributed by atoms with Crippen LogP contribution >= 0.6 is 0 Å². The first-order chi connectivity index (χ1) is 16.6. The monoisotopic (exact) mass is 465 g/mol. The molecule has 1 aliphatic rings. The molecule has 0 aromatic heterocycles. The molecular weight excluding hydrogens is 430 g/mol. The van der Waals surface area contributed by atoms with Gasteiger partial charge in [-0.3, -0.25) is 10.2 Å². The second-order valence-electron chi connectivity index (χ2n) is 8.28. The van der Waals surface area contributed by atoms with E-state index in [0.29, 0.717) is 37.6 Å². The molecule has 0 unspecified atom stereocenters. The number of amides is 1. The van der Waals surface area contributed by atoms with E-state index in [-0.39, 0.29) is 12.5 Å². The van der Waals surface area contributed by atoms with Crippen LogP contribution in [-0.4, -0.2) is 42.2 Å². The number of ether oxygens (including phenoxy) is 2. The summed E-state index contributed by atoms with van der Waals surface area (Å²) in [6, 6.07) is 17.1. The minimum atomic E-state index is -1.19. The summed E-state index contributed by atoms with van der Waals surface area (Å²) in [5.74, 6) is 0.845. The normalized spacial score (nSPS) is 19.2. The zero-order valence-corrected chi connectivity index (χ0v) is 19.8. The fourth-order valence-corrected chi connectivity index (χ4v) is 3.88. The zero-order chi connectivity index (χ0) is 24.2. The summed E-state index contributed by atoms with van der Waals surface area (Å²) in [6.07, 6.45) is 5.19. The highest BCUT2D eigenvalue weighted by molar-refractivity contribution is 6.01. The standard InChI is InChI=1S/C27H35N3O4/c1-3-5-9-18-28-30-26(32)27(17-4-2)24(21-11-7-6-8-12-21)34-25(29-27)22-13-15-23(16-14-22)33-20-10-19-31/h4,6-8,11-16,24,28,31H,2-3,5,9-10,17-20H2,1H3,(H,30,32)/t24-,27-/m0/s1. The van der Waals surface area contributed by atoms with Gasteiger partial charge in [-0.15, -0.1) is 6.58 Å². The lowest BCUT2D eigenvalue weighted by Gasteiger charge is -2.29. The van der Waals surface area contributed by atoms with Crippen LogP contribution in [0.3, 0.4) is 0 Å². The van der Waals surface area contributed by atoms with Gasteiger partial charge < -0.3 is 14.6 Å². The smallest absolute Gasteiger partial charge is 0.266 e.